The van der Waals surface area contributed by atoms with Gasteiger partial charge in [-0.15, -0.1) is 11.3 Å². The van der Waals surface area contributed by atoms with E-state index >= 15 is 0 Å². The molecule has 0 saturated carbocycles. The highest BCUT2D eigenvalue weighted by atomic mass is 32.1. The zero-order valence-corrected chi connectivity index (χ0v) is 12.9. The first-order valence-electron chi connectivity index (χ1n) is 6.46. The molecule has 0 aromatic carbocycles. The number of amides is 1. The number of aromatic nitrogens is 1. The average Bonchev–Trinajstić information content (AvgIpc) is 2.74. The van der Waals surface area contributed by atoms with E-state index in [2.05, 4.69) is 10.3 Å². The summed E-state index contributed by atoms with van der Waals surface area (Å²) in [5.41, 5.74) is 1.30. The fourth-order valence-corrected chi connectivity index (χ4v) is 3.04. The van der Waals surface area contributed by atoms with Crippen LogP contribution in [0.1, 0.15) is 44.3 Å². The van der Waals surface area contributed by atoms with E-state index in [4.69, 9.17) is 0 Å². The third-order valence-corrected chi connectivity index (χ3v) is 4.31. The number of pyridine rings is 1. The molecular weight excluding hydrogens is 272 g/mol. The molecule has 0 bridgehead atoms. The molecule has 2 aromatic heterocycles. The van der Waals surface area contributed by atoms with Gasteiger partial charge in [0.2, 0.25) is 0 Å². The van der Waals surface area contributed by atoms with Crippen LogP contribution in [0.2, 0.25) is 0 Å². The zero-order chi connectivity index (χ0) is 14.9. The third kappa shape index (κ3) is 2.99. The fraction of sp³-hybridized carbons (Fsp3) is 0.333. The van der Waals surface area contributed by atoms with E-state index in [9.17, 15) is 9.59 Å². The van der Waals surface area contributed by atoms with E-state index in [1.54, 1.807) is 31.3 Å². The zero-order valence-electron chi connectivity index (χ0n) is 12.0. The largest absolute Gasteiger partial charge is 0.345 e. The Kier molecular flexibility index (Phi) is 4.09. The minimum absolute atomic E-state index is 0.110. The molecule has 106 valence electrons. The van der Waals surface area contributed by atoms with Gasteiger partial charge in [0.1, 0.15) is 5.56 Å². The predicted molar refractivity (Wildman–Crippen MR) is 81.5 cm³/mol. The van der Waals surface area contributed by atoms with Gasteiger partial charge in [0.05, 0.1) is 6.04 Å². The van der Waals surface area contributed by atoms with Crippen molar-refractivity contribution in [2.75, 3.05) is 0 Å². The number of aryl methyl sites for hydroxylation is 3. The molecule has 0 aliphatic heterocycles. The van der Waals surface area contributed by atoms with Crippen molar-refractivity contribution < 1.29 is 4.79 Å². The quantitative estimate of drug-likeness (QED) is 0.913. The van der Waals surface area contributed by atoms with Crippen LogP contribution in [-0.2, 0) is 0 Å². The number of hydrogen-bond acceptors (Lipinski definition) is 3. The highest BCUT2D eigenvalue weighted by Gasteiger charge is 2.17. The normalized spacial score (nSPS) is 12.2. The van der Waals surface area contributed by atoms with Gasteiger partial charge in [-0.05, 0) is 51.5 Å². The van der Waals surface area contributed by atoms with Gasteiger partial charge in [-0.25, -0.2) is 0 Å². The molecule has 2 rings (SSSR count). The summed E-state index contributed by atoms with van der Waals surface area (Å²) in [5, 5.41) is 2.88. The molecule has 1 unspecified atom stereocenters. The lowest BCUT2D eigenvalue weighted by molar-refractivity contribution is 0.0938. The molecule has 0 aliphatic rings. The molecule has 1 amide bonds. The number of carbonyl (C=O) groups is 1. The SMILES string of the molecule is Cc1cc(C)c(C(=O)NC(C)c2ccc(C)s2)c(=O)[nH]1. The van der Waals surface area contributed by atoms with Crippen molar-refractivity contribution in [3.8, 4) is 0 Å². The van der Waals surface area contributed by atoms with E-state index in [0.29, 0.717) is 5.56 Å². The summed E-state index contributed by atoms with van der Waals surface area (Å²) in [6.07, 6.45) is 0. The number of hydrogen-bond donors (Lipinski definition) is 2. The lowest BCUT2D eigenvalue weighted by Gasteiger charge is -2.13. The Morgan fingerprint density at radius 3 is 2.55 bits per heavy atom. The first kappa shape index (κ1) is 14.5. The molecule has 0 radical (unpaired) electrons. The highest BCUT2D eigenvalue weighted by molar-refractivity contribution is 7.12. The van der Waals surface area contributed by atoms with Crippen LogP contribution in [-0.4, -0.2) is 10.9 Å². The molecule has 20 heavy (non-hydrogen) atoms. The fourth-order valence-electron chi connectivity index (χ4n) is 2.16. The van der Waals surface area contributed by atoms with Crippen LogP contribution in [0.15, 0.2) is 23.0 Å². The summed E-state index contributed by atoms with van der Waals surface area (Å²) < 4.78 is 0. The second kappa shape index (κ2) is 5.63. The van der Waals surface area contributed by atoms with Crippen molar-refractivity contribution in [1.82, 2.24) is 10.3 Å². The number of carbonyl (C=O) groups excluding carboxylic acids is 1. The first-order chi connectivity index (χ1) is 9.38. The Morgan fingerprint density at radius 2 is 2.00 bits per heavy atom. The maximum absolute atomic E-state index is 12.3. The van der Waals surface area contributed by atoms with Crippen LogP contribution < -0.4 is 10.9 Å². The third-order valence-electron chi connectivity index (χ3n) is 3.13. The van der Waals surface area contributed by atoms with Crippen molar-refractivity contribution in [1.29, 1.82) is 0 Å². The Hall–Kier alpha value is -1.88. The maximum Gasteiger partial charge on any atom is 0.261 e. The molecule has 5 heteroatoms. The van der Waals surface area contributed by atoms with Gasteiger partial charge in [0.25, 0.3) is 11.5 Å². The Labute approximate surface area is 121 Å². The van der Waals surface area contributed by atoms with Crippen molar-refractivity contribution in [2.45, 2.75) is 33.7 Å². The van der Waals surface area contributed by atoms with Crippen molar-refractivity contribution >= 4 is 17.2 Å². The van der Waals surface area contributed by atoms with E-state index in [0.717, 1.165) is 10.6 Å². The van der Waals surface area contributed by atoms with Crippen LogP contribution in [0, 0.1) is 20.8 Å². The van der Waals surface area contributed by atoms with E-state index in [1.165, 1.54) is 4.88 Å². The second-order valence-electron chi connectivity index (χ2n) is 4.98. The molecule has 1 atom stereocenters. The minimum atomic E-state index is -0.338. The Bertz CT molecular complexity index is 700. The average molecular weight is 290 g/mol. The number of nitrogens with one attached hydrogen (secondary N) is 2. The van der Waals surface area contributed by atoms with E-state index < -0.39 is 0 Å². The number of thiophene rings is 1. The van der Waals surface area contributed by atoms with Crippen molar-refractivity contribution in [3.63, 3.8) is 0 Å². The van der Waals surface area contributed by atoms with Crippen LogP contribution in [0.25, 0.3) is 0 Å². The smallest absolute Gasteiger partial charge is 0.261 e. The summed E-state index contributed by atoms with van der Waals surface area (Å²) in [7, 11) is 0. The summed E-state index contributed by atoms with van der Waals surface area (Å²) >= 11 is 1.64. The van der Waals surface area contributed by atoms with Crippen LogP contribution in [0.3, 0.4) is 0 Å². The summed E-state index contributed by atoms with van der Waals surface area (Å²) in [4.78, 5) is 29.1. The molecule has 2 heterocycles. The molecule has 4 nitrogen and oxygen atoms in total. The van der Waals surface area contributed by atoms with Gasteiger partial charge >= 0.3 is 0 Å². The summed E-state index contributed by atoms with van der Waals surface area (Å²) in [6, 6.07) is 5.71. The van der Waals surface area contributed by atoms with Crippen LogP contribution in [0.4, 0.5) is 0 Å². The van der Waals surface area contributed by atoms with Gasteiger partial charge in [-0.2, -0.15) is 0 Å². The molecular formula is C15H18N2O2S. The molecule has 2 N–H and O–H groups in total. The molecule has 0 spiro atoms. The molecule has 0 saturated heterocycles. The lowest BCUT2D eigenvalue weighted by Crippen LogP contribution is -2.32. The number of rotatable bonds is 3. The maximum atomic E-state index is 12.3. The van der Waals surface area contributed by atoms with Crippen LogP contribution >= 0.6 is 11.3 Å². The topological polar surface area (TPSA) is 62.0 Å². The van der Waals surface area contributed by atoms with E-state index in [1.807, 2.05) is 26.0 Å². The minimum Gasteiger partial charge on any atom is -0.345 e. The predicted octanol–water partition coefficient (Wildman–Crippen LogP) is 2.85. The Morgan fingerprint density at radius 1 is 1.30 bits per heavy atom. The molecule has 0 fully saturated rings. The van der Waals surface area contributed by atoms with Gasteiger partial charge < -0.3 is 10.3 Å². The number of aromatic amines is 1. The summed E-state index contributed by atoms with van der Waals surface area (Å²) in [6.45, 7) is 7.52. The first-order valence-corrected chi connectivity index (χ1v) is 7.28. The monoisotopic (exact) mass is 290 g/mol. The van der Waals surface area contributed by atoms with Gasteiger partial charge in [-0.3, -0.25) is 9.59 Å². The van der Waals surface area contributed by atoms with Crippen molar-refractivity contribution in [2.24, 2.45) is 0 Å². The lowest BCUT2D eigenvalue weighted by atomic mass is 10.1. The van der Waals surface area contributed by atoms with E-state index in [-0.39, 0.29) is 23.1 Å². The highest BCUT2D eigenvalue weighted by Crippen LogP contribution is 2.22. The van der Waals surface area contributed by atoms with Gasteiger partial charge in [0.15, 0.2) is 0 Å². The van der Waals surface area contributed by atoms with Crippen LogP contribution in [0.5, 0.6) is 0 Å². The second-order valence-corrected chi connectivity index (χ2v) is 6.30. The molecule has 0 aliphatic carbocycles. The summed E-state index contributed by atoms with van der Waals surface area (Å²) in [5.74, 6) is -0.331. The molecule has 2 aromatic rings. The standard InChI is InChI=1S/C15H18N2O2S/c1-8-7-9(2)16-14(18)13(8)15(19)17-11(4)12-6-5-10(3)20-12/h5-7,11H,1-4H3,(H,16,18)(H,17,19). The van der Waals surface area contributed by atoms with Gasteiger partial charge in [-0.1, -0.05) is 0 Å². The van der Waals surface area contributed by atoms with Crippen molar-refractivity contribution in [3.05, 3.63) is 55.1 Å². The van der Waals surface area contributed by atoms with Gasteiger partial charge in [0, 0.05) is 15.4 Å². The number of H-pyrrole nitrogens is 1. The Balaban J connectivity index is 2.23.